The second-order valence-corrected chi connectivity index (χ2v) is 7.29. The number of benzene rings is 2. The molecule has 0 heterocycles. The summed E-state index contributed by atoms with van der Waals surface area (Å²) in [6.07, 6.45) is 1.37. The first-order valence-corrected chi connectivity index (χ1v) is 9.37. The number of esters is 1. The zero-order valence-corrected chi connectivity index (χ0v) is 15.2. The van der Waals surface area contributed by atoms with E-state index in [9.17, 15) is 18.0 Å². The van der Waals surface area contributed by atoms with Gasteiger partial charge in [-0.1, -0.05) is 48.0 Å². The van der Waals surface area contributed by atoms with Crippen LogP contribution in [0.3, 0.4) is 0 Å². The van der Waals surface area contributed by atoms with Crippen LogP contribution in [0.1, 0.15) is 20.7 Å². The van der Waals surface area contributed by atoms with Crippen molar-refractivity contribution in [3.63, 3.8) is 0 Å². The number of ketones is 1. The van der Waals surface area contributed by atoms with Gasteiger partial charge in [-0.15, -0.1) is 6.58 Å². The number of hydrogen-bond donors (Lipinski definition) is 1. The lowest BCUT2D eigenvalue weighted by molar-refractivity contribution is 0.0474. The molecule has 0 saturated heterocycles. The summed E-state index contributed by atoms with van der Waals surface area (Å²) in [5.74, 6) is -1.19. The van der Waals surface area contributed by atoms with Gasteiger partial charge in [0.25, 0.3) is 0 Å². The van der Waals surface area contributed by atoms with Crippen LogP contribution >= 0.6 is 11.6 Å². The zero-order valence-electron chi connectivity index (χ0n) is 13.6. The molecule has 0 amide bonds. The van der Waals surface area contributed by atoms with Gasteiger partial charge in [0.05, 0.1) is 10.6 Å². The van der Waals surface area contributed by atoms with Gasteiger partial charge in [0.15, 0.2) is 12.4 Å². The molecule has 0 aliphatic carbocycles. The zero-order chi connectivity index (χ0) is 19.2. The number of Topliss-reactive ketones (excluding diaryl/α,β-unsaturated/α-hetero) is 1. The molecule has 2 rings (SSSR count). The van der Waals surface area contributed by atoms with Gasteiger partial charge in [0.2, 0.25) is 10.0 Å². The highest BCUT2D eigenvalue weighted by atomic mass is 35.5. The number of rotatable bonds is 8. The maximum Gasteiger partial charge on any atom is 0.338 e. The molecule has 0 atom stereocenters. The Labute approximate surface area is 156 Å². The summed E-state index contributed by atoms with van der Waals surface area (Å²) in [5, 5.41) is -0.0431. The van der Waals surface area contributed by atoms with Gasteiger partial charge in [-0.3, -0.25) is 4.79 Å². The number of sulfonamides is 1. The monoisotopic (exact) mass is 393 g/mol. The largest absolute Gasteiger partial charge is 0.454 e. The van der Waals surface area contributed by atoms with Crippen molar-refractivity contribution in [2.24, 2.45) is 0 Å². The maximum atomic E-state index is 12.2. The van der Waals surface area contributed by atoms with Crippen molar-refractivity contribution in [2.75, 3.05) is 13.2 Å². The molecule has 0 aromatic heterocycles. The minimum absolute atomic E-state index is 0.0128. The van der Waals surface area contributed by atoms with E-state index in [2.05, 4.69) is 11.3 Å². The van der Waals surface area contributed by atoms with Crippen molar-refractivity contribution in [2.45, 2.75) is 4.90 Å². The predicted octanol–water partition coefficient (Wildman–Crippen LogP) is 2.84. The van der Waals surface area contributed by atoms with Crippen molar-refractivity contribution >= 4 is 33.4 Å². The van der Waals surface area contributed by atoms with E-state index in [0.717, 1.165) is 6.07 Å². The number of halogens is 1. The number of hydrogen-bond acceptors (Lipinski definition) is 5. The summed E-state index contributed by atoms with van der Waals surface area (Å²) >= 11 is 5.92. The van der Waals surface area contributed by atoms with E-state index in [1.165, 1.54) is 18.2 Å². The Hall–Kier alpha value is -2.48. The smallest absolute Gasteiger partial charge is 0.338 e. The first-order valence-electron chi connectivity index (χ1n) is 7.50. The van der Waals surface area contributed by atoms with Gasteiger partial charge >= 0.3 is 5.97 Å². The summed E-state index contributed by atoms with van der Waals surface area (Å²) in [5.41, 5.74) is 0.377. The van der Waals surface area contributed by atoms with Gasteiger partial charge < -0.3 is 4.74 Å². The van der Waals surface area contributed by atoms with Gasteiger partial charge in [0.1, 0.15) is 4.90 Å². The third kappa shape index (κ3) is 5.01. The van der Waals surface area contributed by atoms with Crippen LogP contribution in [0.2, 0.25) is 5.02 Å². The molecule has 6 nitrogen and oxygen atoms in total. The van der Waals surface area contributed by atoms with Crippen LogP contribution in [0.5, 0.6) is 0 Å². The summed E-state index contributed by atoms with van der Waals surface area (Å²) in [4.78, 5) is 23.8. The summed E-state index contributed by atoms with van der Waals surface area (Å²) in [6.45, 7) is 2.98. The van der Waals surface area contributed by atoms with Crippen molar-refractivity contribution in [3.05, 3.63) is 77.3 Å². The molecule has 8 heteroatoms. The summed E-state index contributed by atoms with van der Waals surface area (Å²) in [7, 11) is -3.91. The van der Waals surface area contributed by atoms with Gasteiger partial charge in [-0.25, -0.2) is 17.9 Å². The quantitative estimate of drug-likeness (QED) is 0.423. The number of carbonyl (C=O) groups excluding carboxylic acids is 2. The standard InChI is InChI=1S/C18H16ClNO5S/c1-2-10-20-26(23,24)17-11-14(8-9-15(17)19)18(22)25-12-16(21)13-6-4-3-5-7-13/h2-9,11,20H,1,10,12H2. The molecule has 26 heavy (non-hydrogen) atoms. The van der Waals surface area contributed by atoms with E-state index in [4.69, 9.17) is 16.3 Å². The number of ether oxygens (including phenoxy) is 1. The topological polar surface area (TPSA) is 89.5 Å². The summed E-state index contributed by atoms with van der Waals surface area (Å²) < 4.78 is 31.6. The average molecular weight is 394 g/mol. The molecule has 0 spiro atoms. The second-order valence-electron chi connectivity index (χ2n) is 5.15. The highest BCUT2D eigenvalue weighted by molar-refractivity contribution is 7.89. The van der Waals surface area contributed by atoms with Crippen LogP contribution in [0.25, 0.3) is 0 Å². The van der Waals surface area contributed by atoms with E-state index >= 15 is 0 Å². The predicted molar refractivity (Wildman–Crippen MR) is 97.9 cm³/mol. The highest BCUT2D eigenvalue weighted by Crippen LogP contribution is 2.23. The third-order valence-corrected chi connectivity index (χ3v) is 5.21. The molecule has 0 radical (unpaired) electrons. The Morgan fingerprint density at radius 2 is 1.81 bits per heavy atom. The normalized spacial score (nSPS) is 11.0. The van der Waals surface area contributed by atoms with E-state index in [-0.39, 0.29) is 27.8 Å². The molecule has 0 fully saturated rings. The third-order valence-electron chi connectivity index (χ3n) is 3.30. The first kappa shape index (κ1) is 19.8. The number of carbonyl (C=O) groups is 2. The highest BCUT2D eigenvalue weighted by Gasteiger charge is 2.20. The van der Waals surface area contributed by atoms with E-state index in [0.29, 0.717) is 5.56 Å². The van der Waals surface area contributed by atoms with Crippen LogP contribution < -0.4 is 4.72 Å². The summed E-state index contributed by atoms with van der Waals surface area (Å²) in [6, 6.07) is 12.1. The fraction of sp³-hybridized carbons (Fsp3) is 0.111. The van der Waals surface area contributed by atoms with E-state index in [1.54, 1.807) is 30.3 Å². The lowest BCUT2D eigenvalue weighted by Gasteiger charge is -2.09. The Kier molecular flexibility index (Phi) is 6.68. The van der Waals surface area contributed by atoms with Crippen LogP contribution in [0.15, 0.2) is 66.1 Å². The molecule has 2 aromatic carbocycles. The Bertz CT molecular complexity index is 926. The maximum absolute atomic E-state index is 12.2. The minimum atomic E-state index is -3.91. The Balaban J connectivity index is 2.13. The average Bonchev–Trinajstić information content (AvgIpc) is 2.65. The van der Waals surface area contributed by atoms with Crippen molar-refractivity contribution in [1.82, 2.24) is 4.72 Å². The fourth-order valence-electron chi connectivity index (χ4n) is 2.00. The van der Waals surface area contributed by atoms with Crippen LogP contribution in [0, 0.1) is 0 Å². The minimum Gasteiger partial charge on any atom is -0.454 e. The first-order chi connectivity index (χ1) is 12.3. The molecule has 0 bridgehead atoms. The van der Waals surface area contributed by atoms with Gasteiger partial charge in [0, 0.05) is 12.1 Å². The molecule has 0 saturated carbocycles. The SMILES string of the molecule is C=CCNS(=O)(=O)c1cc(C(=O)OCC(=O)c2ccccc2)ccc1Cl. The molecule has 0 aliphatic rings. The van der Waals surface area contributed by atoms with Crippen LogP contribution in [-0.4, -0.2) is 33.3 Å². The van der Waals surface area contributed by atoms with Crippen LogP contribution in [-0.2, 0) is 14.8 Å². The van der Waals surface area contributed by atoms with Crippen molar-refractivity contribution < 1.29 is 22.7 Å². The second kappa shape index (κ2) is 8.75. The van der Waals surface area contributed by atoms with Crippen molar-refractivity contribution in [1.29, 1.82) is 0 Å². The van der Waals surface area contributed by atoms with E-state index < -0.39 is 22.6 Å². The molecule has 1 N–H and O–H groups in total. The molecule has 136 valence electrons. The lowest BCUT2D eigenvalue weighted by atomic mass is 10.1. The van der Waals surface area contributed by atoms with Crippen molar-refractivity contribution in [3.8, 4) is 0 Å². The van der Waals surface area contributed by atoms with Crippen LogP contribution in [0.4, 0.5) is 0 Å². The molecule has 2 aromatic rings. The Morgan fingerprint density at radius 1 is 1.12 bits per heavy atom. The lowest BCUT2D eigenvalue weighted by Crippen LogP contribution is -2.24. The molecular formula is C18H16ClNO5S. The molecule has 0 unspecified atom stereocenters. The van der Waals surface area contributed by atoms with Gasteiger partial charge in [-0.05, 0) is 18.2 Å². The molecule has 0 aliphatic heterocycles. The fourth-order valence-corrected chi connectivity index (χ4v) is 3.53. The van der Waals surface area contributed by atoms with Gasteiger partial charge in [-0.2, -0.15) is 0 Å². The number of nitrogens with one attached hydrogen (secondary N) is 1. The van der Waals surface area contributed by atoms with E-state index in [1.807, 2.05) is 0 Å². The Morgan fingerprint density at radius 3 is 2.46 bits per heavy atom. The molecular weight excluding hydrogens is 378 g/mol.